The summed E-state index contributed by atoms with van der Waals surface area (Å²) < 4.78 is 5.32. The highest BCUT2D eigenvalue weighted by Crippen LogP contribution is 2.27. The molecule has 1 heterocycles. The first-order valence-electron chi connectivity index (χ1n) is 5.48. The van der Waals surface area contributed by atoms with E-state index in [-0.39, 0.29) is 5.76 Å². The molecule has 17 heavy (non-hydrogen) atoms. The van der Waals surface area contributed by atoms with Gasteiger partial charge in [-0.15, -0.1) is 0 Å². The van der Waals surface area contributed by atoms with E-state index in [1.165, 1.54) is 5.57 Å². The van der Waals surface area contributed by atoms with Gasteiger partial charge in [-0.25, -0.2) is 0 Å². The third-order valence-electron chi connectivity index (χ3n) is 2.75. The zero-order valence-electron chi connectivity index (χ0n) is 9.57. The van der Waals surface area contributed by atoms with Crippen molar-refractivity contribution in [3.63, 3.8) is 0 Å². The van der Waals surface area contributed by atoms with Crippen LogP contribution in [0.5, 0.6) is 0 Å². The van der Waals surface area contributed by atoms with Crippen LogP contribution in [0.4, 0.5) is 0 Å². The molecule has 0 unspecified atom stereocenters. The average Bonchev–Trinajstić information content (AvgIpc) is 2.52. The van der Waals surface area contributed by atoms with Crippen molar-refractivity contribution in [3.8, 4) is 0 Å². The average molecular weight is 249 g/mol. The molecule has 0 radical (unpaired) electrons. The van der Waals surface area contributed by atoms with Crippen molar-refractivity contribution in [1.82, 2.24) is 0 Å². The second kappa shape index (κ2) is 5.19. The van der Waals surface area contributed by atoms with Gasteiger partial charge in [0.15, 0.2) is 5.76 Å². The van der Waals surface area contributed by atoms with E-state index in [1.54, 1.807) is 6.08 Å². The summed E-state index contributed by atoms with van der Waals surface area (Å²) in [5, 5.41) is -0.548. The lowest BCUT2D eigenvalue weighted by atomic mass is 9.99. The van der Waals surface area contributed by atoms with E-state index < -0.39 is 5.24 Å². The summed E-state index contributed by atoms with van der Waals surface area (Å²) in [6.07, 6.45) is 2.53. The molecule has 0 aromatic heterocycles. The molecule has 0 spiro atoms. The van der Waals surface area contributed by atoms with Crippen LogP contribution in [0.25, 0.3) is 5.57 Å². The first kappa shape index (κ1) is 11.9. The molecular weight excluding hydrogens is 236 g/mol. The van der Waals surface area contributed by atoms with Crippen LogP contribution in [-0.4, -0.2) is 11.8 Å². The van der Waals surface area contributed by atoms with E-state index in [0.717, 1.165) is 17.6 Å². The molecular formula is C14H13ClO2. The third-order valence-corrected chi connectivity index (χ3v) is 2.93. The minimum Gasteiger partial charge on any atom is -0.488 e. The first-order valence-corrected chi connectivity index (χ1v) is 5.86. The summed E-state index contributed by atoms with van der Waals surface area (Å²) in [6, 6.07) is 9.92. The van der Waals surface area contributed by atoms with Crippen LogP contribution in [-0.2, 0) is 9.53 Å². The Balaban J connectivity index is 2.47. The van der Waals surface area contributed by atoms with E-state index in [1.807, 2.05) is 37.3 Å². The van der Waals surface area contributed by atoms with Gasteiger partial charge in [0.25, 0.3) is 5.24 Å². The van der Waals surface area contributed by atoms with Crippen LogP contribution >= 0.6 is 11.6 Å². The maximum absolute atomic E-state index is 11.2. The van der Waals surface area contributed by atoms with Gasteiger partial charge in [0.05, 0.1) is 6.61 Å². The van der Waals surface area contributed by atoms with Gasteiger partial charge in [-0.3, -0.25) is 4.79 Å². The highest BCUT2D eigenvalue weighted by molar-refractivity contribution is 6.67. The highest BCUT2D eigenvalue weighted by atomic mass is 35.5. The fourth-order valence-electron chi connectivity index (χ4n) is 1.81. The van der Waals surface area contributed by atoms with E-state index in [9.17, 15) is 4.79 Å². The van der Waals surface area contributed by atoms with Crippen molar-refractivity contribution in [1.29, 1.82) is 0 Å². The Labute approximate surface area is 106 Å². The number of ether oxygens (including phenoxy) is 1. The van der Waals surface area contributed by atoms with Gasteiger partial charge in [-0.2, -0.15) is 0 Å². The molecule has 2 nitrogen and oxygen atoms in total. The number of hydrogen-bond acceptors (Lipinski definition) is 2. The lowest BCUT2D eigenvalue weighted by Gasteiger charge is -2.05. The van der Waals surface area contributed by atoms with Crippen LogP contribution in [0.2, 0.25) is 0 Å². The maximum Gasteiger partial charge on any atom is 0.287 e. The second-order valence-corrected chi connectivity index (χ2v) is 4.28. The number of hydrogen-bond donors (Lipinski definition) is 0. The number of carbonyl (C=O) groups excluding carboxylic acids is 1. The first-order chi connectivity index (χ1) is 8.18. The number of rotatable bonds is 2. The van der Waals surface area contributed by atoms with Crippen molar-refractivity contribution in [2.75, 3.05) is 6.61 Å². The second-order valence-electron chi connectivity index (χ2n) is 3.94. The Morgan fingerprint density at radius 3 is 2.65 bits per heavy atom. The predicted octanol–water partition coefficient (Wildman–Crippen LogP) is 3.53. The fourth-order valence-corrected chi connectivity index (χ4v) is 1.91. The largest absolute Gasteiger partial charge is 0.488 e. The van der Waals surface area contributed by atoms with E-state index >= 15 is 0 Å². The zero-order chi connectivity index (χ0) is 12.3. The van der Waals surface area contributed by atoms with Gasteiger partial charge in [0, 0.05) is 6.42 Å². The Kier molecular flexibility index (Phi) is 3.64. The minimum absolute atomic E-state index is 0.224. The summed E-state index contributed by atoms with van der Waals surface area (Å²) in [6.45, 7) is 2.54. The molecule has 0 aliphatic carbocycles. The molecule has 0 fully saturated rings. The monoisotopic (exact) mass is 248 g/mol. The lowest BCUT2D eigenvalue weighted by molar-refractivity contribution is -0.111. The van der Waals surface area contributed by atoms with E-state index in [2.05, 4.69) is 0 Å². The van der Waals surface area contributed by atoms with Gasteiger partial charge in [0.2, 0.25) is 0 Å². The smallest absolute Gasteiger partial charge is 0.287 e. The third kappa shape index (κ3) is 2.77. The Bertz CT molecular complexity index is 486. The van der Waals surface area contributed by atoms with Gasteiger partial charge in [-0.1, -0.05) is 35.9 Å². The summed E-state index contributed by atoms with van der Waals surface area (Å²) >= 11 is 5.47. The standard InChI is InChI=1S/C14H13ClO2/c1-10-7-8-17-13(14(15)16)9-12(10)11-5-3-2-4-6-11/h2-6,9H,7-8H2,1H3. The quantitative estimate of drug-likeness (QED) is 0.749. The molecule has 0 bridgehead atoms. The SMILES string of the molecule is CC1=C(c2ccccc2)C=C(C(=O)Cl)OCC1. The van der Waals surface area contributed by atoms with Crippen LogP contribution in [0, 0.1) is 0 Å². The normalized spacial score (nSPS) is 16.0. The molecule has 1 aliphatic rings. The van der Waals surface area contributed by atoms with Crippen LogP contribution in [0.3, 0.4) is 0 Å². The number of carbonyl (C=O) groups is 1. The van der Waals surface area contributed by atoms with Crippen LogP contribution in [0.1, 0.15) is 18.9 Å². The zero-order valence-corrected chi connectivity index (χ0v) is 10.3. The molecule has 0 N–H and O–H groups in total. The number of halogens is 1. The molecule has 1 aliphatic heterocycles. The van der Waals surface area contributed by atoms with Gasteiger partial charge < -0.3 is 4.74 Å². The summed E-state index contributed by atoms with van der Waals surface area (Å²) in [4.78, 5) is 11.2. The summed E-state index contributed by atoms with van der Waals surface area (Å²) in [7, 11) is 0. The fraction of sp³-hybridized carbons (Fsp3) is 0.214. The van der Waals surface area contributed by atoms with Crippen LogP contribution in [0.15, 0.2) is 47.7 Å². The van der Waals surface area contributed by atoms with Crippen molar-refractivity contribution >= 4 is 22.4 Å². The molecule has 3 heteroatoms. The lowest BCUT2D eigenvalue weighted by Crippen LogP contribution is -1.99. The highest BCUT2D eigenvalue weighted by Gasteiger charge is 2.15. The molecule has 1 aromatic rings. The molecule has 1 aromatic carbocycles. The molecule has 0 atom stereocenters. The van der Waals surface area contributed by atoms with Crippen molar-refractivity contribution in [3.05, 3.63) is 53.3 Å². The molecule has 0 saturated carbocycles. The van der Waals surface area contributed by atoms with E-state index in [4.69, 9.17) is 16.3 Å². The molecule has 88 valence electrons. The summed E-state index contributed by atoms with van der Waals surface area (Å²) in [5.41, 5.74) is 3.29. The van der Waals surface area contributed by atoms with Gasteiger partial charge in [0.1, 0.15) is 0 Å². The number of benzene rings is 1. The maximum atomic E-state index is 11.2. The molecule has 0 amide bonds. The molecule has 2 rings (SSSR count). The Morgan fingerprint density at radius 2 is 2.00 bits per heavy atom. The topological polar surface area (TPSA) is 26.3 Å². The predicted molar refractivity (Wildman–Crippen MR) is 68.5 cm³/mol. The van der Waals surface area contributed by atoms with Gasteiger partial charge >= 0.3 is 0 Å². The minimum atomic E-state index is -0.548. The Morgan fingerprint density at radius 1 is 1.29 bits per heavy atom. The van der Waals surface area contributed by atoms with Crippen molar-refractivity contribution in [2.45, 2.75) is 13.3 Å². The van der Waals surface area contributed by atoms with Crippen molar-refractivity contribution in [2.24, 2.45) is 0 Å². The van der Waals surface area contributed by atoms with Gasteiger partial charge in [-0.05, 0) is 35.7 Å². The Hall–Kier alpha value is -1.54. The molecule has 0 saturated heterocycles. The van der Waals surface area contributed by atoms with Crippen LogP contribution < -0.4 is 0 Å². The number of allylic oxidation sites excluding steroid dienone is 3. The van der Waals surface area contributed by atoms with Crippen molar-refractivity contribution < 1.29 is 9.53 Å². The summed E-state index contributed by atoms with van der Waals surface area (Å²) in [5.74, 6) is 0.224. The van der Waals surface area contributed by atoms with E-state index in [0.29, 0.717) is 6.61 Å².